The van der Waals surface area contributed by atoms with Gasteiger partial charge >= 0.3 is 6.03 Å². The fourth-order valence-corrected chi connectivity index (χ4v) is 1.47. The third kappa shape index (κ3) is 4.61. The number of carbonyl (C=O) groups excluding carboxylic acids is 1. The molecule has 0 aliphatic rings. The molecule has 0 fully saturated rings. The predicted octanol–water partition coefficient (Wildman–Crippen LogP) is 4.08. The average molecular weight is 276 g/mol. The Morgan fingerprint density at radius 3 is 2.50 bits per heavy atom. The summed E-state index contributed by atoms with van der Waals surface area (Å²) in [4.78, 5) is 11.9. The lowest BCUT2D eigenvalue weighted by atomic mass is 9.88. The molecule has 1 aromatic carbocycles. The van der Waals surface area contributed by atoms with E-state index >= 15 is 0 Å². The van der Waals surface area contributed by atoms with Crippen LogP contribution in [0.1, 0.15) is 33.3 Å². The van der Waals surface area contributed by atoms with Crippen molar-refractivity contribution in [3.05, 3.63) is 35.5 Å². The van der Waals surface area contributed by atoms with Crippen molar-refractivity contribution in [3.63, 3.8) is 0 Å². The lowest BCUT2D eigenvalue weighted by Gasteiger charge is -2.19. The minimum Gasteiger partial charge on any atom is -0.495 e. The summed E-state index contributed by atoms with van der Waals surface area (Å²) in [7, 11) is 1.58. The second kappa shape index (κ2) is 6.46. The average Bonchev–Trinajstić information content (AvgIpc) is 2.35. The number of allylic oxidation sites excluding steroid dienone is 1. The molecule has 0 unspecified atom stereocenters. The monoisotopic (exact) mass is 276 g/mol. The molecule has 4 nitrogen and oxygen atoms in total. The Bertz CT molecular complexity index is 514. The molecule has 1 aromatic rings. The number of carbonyl (C=O) groups is 1. The van der Waals surface area contributed by atoms with Gasteiger partial charge in [0.05, 0.1) is 12.8 Å². The van der Waals surface area contributed by atoms with Crippen molar-refractivity contribution in [2.24, 2.45) is 5.41 Å². The summed E-state index contributed by atoms with van der Waals surface area (Å²) >= 11 is 0. The van der Waals surface area contributed by atoms with Gasteiger partial charge in [-0.1, -0.05) is 32.4 Å². The van der Waals surface area contributed by atoms with E-state index < -0.39 is 0 Å². The number of hydrogen-bond donors (Lipinski definition) is 2. The Morgan fingerprint density at radius 1 is 1.30 bits per heavy atom. The standard InChI is InChI=1S/C16H24N2O2/c1-11-7-8-14(20-6)13(9-11)18-15(19)17-10-12(2)16(3,4)5/h7-10H,1-6H3,(H2,17,18,19)/b12-10+. The van der Waals surface area contributed by atoms with Crippen LogP contribution in [0.15, 0.2) is 30.0 Å². The molecule has 0 saturated carbocycles. The van der Waals surface area contributed by atoms with Crippen molar-refractivity contribution < 1.29 is 9.53 Å². The molecular weight excluding hydrogens is 252 g/mol. The molecule has 2 N–H and O–H groups in total. The van der Waals surface area contributed by atoms with Gasteiger partial charge < -0.3 is 15.4 Å². The van der Waals surface area contributed by atoms with E-state index in [0.717, 1.165) is 11.1 Å². The molecule has 0 saturated heterocycles. The van der Waals surface area contributed by atoms with Gasteiger partial charge in [-0.05, 0) is 37.0 Å². The maximum absolute atomic E-state index is 11.9. The zero-order valence-electron chi connectivity index (χ0n) is 13.1. The maximum atomic E-state index is 11.9. The van der Waals surface area contributed by atoms with Gasteiger partial charge in [-0.3, -0.25) is 0 Å². The summed E-state index contributed by atoms with van der Waals surface area (Å²) in [6.07, 6.45) is 1.73. The van der Waals surface area contributed by atoms with E-state index in [9.17, 15) is 4.79 Å². The molecule has 0 atom stereocenters. The van der Waals surface area contributed by atoms with Crippen LogP contribution in [-0.4, -0.2) is 13.1 Å². The maximum Gasteiger partial charge on any atom is 0.323 e. The number of benzene rings is 1. The first-order chi connectivity index (χ1) is 9.24. The third-order valence-electron chi connectivity index (χ3n) is 3.21. The summed E-state index contributed by atoms with van der Waals surface area (Å²) in [5, 5.41) is 5.53. The first-order valence-electron chi connectivity index (χ1n) is 6.63. The number of aryl methyl sites for hydroxylation is 1. The lowest BCUT2D eigenvalue weighted by molar-refractivity contribution is 0.254. The SMILES string of the molecule is COc1ccc(C)cc1NC(=O)N/C=C(\C)C(C)(C)C. The van der Waals surface area contributed by atoms with Gasteiger partial charge in [0, 0.05) is 6.20 Å². The molecule has 0 bridgehead atoms. The fourth-order valence-electron chi connectivity index (χ4n) is 1.47. The third-order valence-corrected chi connectivity index (χ3v) is 3.21. The fraction of sp³-hybridized carbons (Fsp3) is 0.438. The van der Waals surface area contributed by atoms with Crippen LogP contribution in [0.3, 0.4) is 0 Å². The zero-order chi connectivity index (χ0) is 15.3. The van der Waals surface area contributed by atoms with E-state index in [2.05, 4.69) is 31.4 Å². The Kier molecular flexibility index (Phi) is 5.19. The van der Waals surface area contributed by atoms with Crippen molar-refractivity contribution in [1.82, 2.24) is 5.32 Å². The van der Waals surface area contributed by atoms with E-state index in [1.807, 2.05) is 32.0 Å². The first-order valence-corrected chi connectivity index (χ1v) is 6.63. The molecule has 2 amide bonds. The van der Waals surface area contributed by atoms with Crippen LogP contribution >= 0.6 is 0 Å². The highest BCUT2D eigenvalue weighted by molar-refractivity contribution is 5.91. The lowest BCUT2D eigenvalue weighted by Crippen LogP contribution is -2.25. The molecule has 0 spiro atoms. The van der Waals surface area contributed by atoms with Crippen molar-refractivity contribution in [1.29, 1.82) is 0 Å². The first kappa shape index (κ1) is 16.1. The number of amides is 2. The normalized spacial score (nSPS) is 12.0. The van der Waals surface area contributed by atoms with Crippen LogP contribution in [0, 0.1) is 12.3 Å². The Hall–Kier alpha value is -1.97. The largest absolute Gasteiger partial charge is 0.495 e. The van der Waals surface area contributed by atoms with Gasteiger partial charge in [0.15, 0.2) is 0 Å². The summed E-state index contributed by atoms with van der Waals surface area (Å²) in [6, 6.07) is 5.36. The van der Waals surface area contributed by atoms with Crippen molar-refractivity contribution >= 4 is 11.7 Å². The summed E-state index contributed by atoms with van der Waals surface area (Å²) in [6.45, 7) is 10.3. The molecule has 0 aromatic heterocycles. The van der Waals surface area contributed by atoms with Gasteiger partial charge in [-0.25, -0.2) is 4.79 Å². The molecule has 20 heavy (non-hydrogen) atoms. The van der Waals surface area contributed by atoms with Gasteiger partial charge in [-0.2, -0.15) is 0 Å². The van der Waals surface area contributed by atoms with Gasteiger partial charge in [0.1, 0.15) is 5.75 Å². The highest BCUT2D eigenvalue weighted by atomic mass is 16.5. The number of anilines is 1. The molecule has 4 heteroatoms. The summed E-state index contributed by atoms with van der Waals surface area (Å²) in [5.74, 6) is 0.641. The van der Waals surface area contributed by atoms with Crippen LogP contribution in [-0.2, 0) is 0 Å². The number of rotatable bonds is 3. The van der Waals surface area contributed by atoms with Gasteiger partial charge in [0.2, 0.25) is 0 Å². The van der Waals surface area contributed by atoms with E-state index in [-0.39, 0.29) is 11.4 Å². The predicted molar refractivity (Wildman–Crippen MR) is 83.1 cm³/mol. The minimum absolute atomic E-state index is 0.0360. The smallest absolute Gasteiger partial charge is 0.323 e. The van der Waals surface area contributed by atoms with Crippen molar-refractivity contribution in [2.75, 3.05) is 12.4 Å². The zero-order valence-corrected chi connectivity index (χ0v) is 13.1. The Labute approximate surface area is 121 Å². The van der Waals surface area contributed by atoms with Crippen LogP contribution in [0.25, 0.3) is 0 Å². The quantitative estimate of drug-likeness (QED) is 0.874. The van der Waals surface area contributed by atoms with E-state index in [1.165, 1.54) is 0 Å². The van der Waals surface area contributed by atoms with E-state index in [0.29, 0.717) is 11.4 Å². The molecule has 0 aliphatic heterocycles. The number of methoxy groups -OCH3 is 1. The van der Waals surface area contributed by atoms with Gasteiger partial charge in [0.25, 0.3) is 0 Å². The Balaban J connectivity index is 2.75. The van der Waals surface area contributed by atoms with Crippen LogP contribution in [0.4, 0.5) is 10.5 Å². The molecule has 1 rings (SSSR count). The van der Waals surface area contributed by atoms with Crippen molar-refractivity contribution in [2.45, 2.75) is 34.6 Å². The molecule has 0 aliphatic carbocycles. The second-order valence-corrected chi connectivity index (χ2v) is 5.88. The van der Waals surface area contributed by atoms with E-state index in [4.69, 9.17) is 4.74 Å². The highest BCUT2D eigenvalue weighted by Gasteiger charge is 2.13. The number of hydrogen-bond acceptors (Lipinski definition) is 2. The van der Waals surface area contributed by atoms with Crippen molar-refractivity contribution in [3.8, 4) is 5.75 Å². The second-order valence-electron chi connectivity index (χ2n) is 5.88. The Morgan fingerprint density at radius 2 is 1.95 bits per heavy atom. The summed E-state index contributed by atoms with van der Waals surface area (Å²) < 4.78 is 5.22. The topological polar surface area (TPSA) is 50.4 Å². The van der Waals surface area contributed by atoms with Crippen LogP contribution < -0.4 is 15.4 Å². The highest BCUT2D eigenvalue weighted by Crippen LogP contribution is 2.25. The van der Waals surface area contributed by atoms with Crippen LogP contribution in [0.5, 0.6) is 5.75 Å². The summed E-state index contributed by atoms with van der Waals surface area (Å²) in [5.41, 5.74) is 2.85. The van der Waals surface area contributed by atoms with Gasteiger partial charge in [-0.15, -0.1) is 0 Å². The number of nitrogens with one attached hydrogen (secondary N) is 2. The van der Waals surface area contributed by atoms with Crippen LogP contribution in [0.2, 0.25) is 0 Å². The molecule has 0 radical (unpaired) electrons. The molecule has 110 valence electrons. The number of urea groups is 1. The molecular formula is C16H24N2O2. The molecule has 0 heterocycles. The number of ether oxygens (including phenoxy) is 1. The van der Waals surface area contributed by atoms with E-state index in [1.54, 1.807) is 13.3 Å². The minimum atomic E-state index is -0.280.